The van der Waals surface area contributed by atoms with Crippen molar-refractivity contribution in [2.24, 2.45) is 0 Å². The highest BCUT2D eigenvalue weighted by Crippen LogP contribution is 2.24. The number of hydrogen-bond acceptors (Lipinski definition) is 5. The highest BCUT2D eigenvalue weighted by molar-refractivity contribution is 7.13. The van der Waals surface area contributed by atoms with Crippen molar-refractivity contribution >= 4 is 17.2 Å². The molecule has 0 unspecified atom stereocenters. The van der Waals surface area contributed by atoms with Gasteiger partial charge in [-0.05, 0) is 18.4 Å². The number of nitrogens with one attached hydrogen (secondary N) is 1. The Morgan fingerprint density at radius 3 is 2.81 bits per heavy atom. The molecule has 3 heterocycles. The SMILES string of the molecule is CC(=O)N1CC[NH+]([C@@H](C)c2nnc(-c3cccs3)o2)CC1. The van der Waals surface area contributed by atoms with Gasteiger partial charge in [0.1, 0.15) is 0 Å². The molecule has 2 aromatic heterocycles. The van der Waals surface area contributed by atoms with E-state index in [4.69, 9.17) is 4.42 Å². The maximum absolute atomic E-state index is 11.4. The van der Waals surface area contributed by atoms with Crippen LogP contribution >= 0.6 is 11.3 Å². The van der Waals surface area contributed by atoms with Gasteiger partial charge in [0.05, 0.1) is 31.1 Å². The molecule has 21 heavy (non-hydrogen) atoms. The highest BCUT2D eigenvalue weighted by atomic mass is 32.1. The number of aromatic nitrogens is 2. The van der Waals surface area contributed by atoms with Gasteiger partial charge < -0.3 is 14.2 Å². The Morgan fingerprint density at radius 2 is 2.19 bits per heavy atom. The van der Waals surface area contributed by atoms with Crippen LogP contribution in [-0.2, 0) is 4.79 Å². The molecule has 112 valence electrons. The first-order valence-corrected chi connectivity index (χ1v) is 8.00. The van der Waals surface area contributed by atoms with Gasteiger partial charge in [-0.15, -0.1) is 21.5 Å². The van der Waals surface area contributed by atoms with Crippen LogP contribution in [-0.4, -0.2) is 47.2 Å². The molecule has 0 saturated carbocycles. The molecule has 1 aliphatic heterocycles. The van der Waals surface area contributed by atoms with Gasteiger partial charge in [-0.1, -0.05) is 6.07 Å². The summed E-state index contributed by atoms with van der Waals surface area (Å²) in [5.74, 6) is 1.41. The second-order valence-electron chi connectivity index (χ2n) is 5.31. The van der Waals surface area contributed by atoms with E-state index in [2.05, 4.69) is 17.1 Å². The number of rotatable bonds is 3. The van der Waals surface area contributed by atoms with Crippen LogP contribution in [0.15, 0.2) is 21.9 Å². The molecular weight excluding hydrogens is 288 g/mol. The lowest BCUT2D eigenvalue weighted by Gasteiger charge is -2.33. The fraction of sp³-hybridized carbons (Fsp3) is 0.500. The van der Waals surface area contributed by atoms with Gasteiger partial charge in [0.25, 0.3) is 11.8 Å². The van der Waals surface area contributed by atoms with Gasteiger partial charge >= 0.3 is 0 Å². The summed E-state index contributed by atoms with van der Waals surface area (Å²) in [7, 11) is 0. The Labute approximate surface area is 127 Å². The van der Waals surface area contributed by atoms with Crippen molar-refractivity contribution in [3.8, 4) is 10.8 Å². The van der Waals surface area contributed by atoms with Crippen LogP contribution < -0.4 is 4.90 Å². The Kier molecular flexibility index (Phi) is 4.03. The summed E-state index contributed by atoms with van der Waals surface area (Å²) in [5.41, 5.74) is 0. The van der Waals surface area contributed by atoms with Crippen LogP contribution in [0.1, 0.15) is 25.8 Å². The lowest BCUT2D eigenvalue weighted by Crippen LogP contribution is -3.14. The molecule has 6 nitrogen and oxygen atoms in total. The van der Waals surface area contributed by atoms with Crippen LogP contribution in [0.25, 0.3) is 10.8 Å². The van der Waals surface area contributed by atoms with Crippen molar-refractivity contribution < 1.29 is 14.1 Å². The van der Waals surface area contributed by atoms with Gasteiger partial charge in [-0.25, -0.2) is 0 Å². The number of thiophene rings is 1. The van der Waals surface area contributed by atoms with Crippen molar-refractivity contribution in [2.75, 3.05) is 26.2 Å². The Hall–Kier alpha value is -1.73. The maximum Gasteiger partial charge on any atom is 0.274 e. The third kappa shape index (κ3) is 2.98. The number of quaternary nitrogens is 1. The molecular formula is C14H19N4O2S+. The van der Waals surface area contributed by atoms with Gasteiger partial charge in [0.15, 0.2) is 6.04 Å². The van der Waals surface area contributed by atoms with Gasteiger partial charge in [0, 0.05) is 6.92 Å². The largest absolute Gasteiger partial charge is 0.414 e. The minimum absolute atomic E-state index is 0.152. The number of carbonyl (C=O) groups excluding carboxylic acids is 1. The van der Waals surface area contributed by atoms with Gasteiger partial charge in [-0.2, -0.15) is 0 Å². The van der Waals surface area contributed by atoms with E-state index in [0.29, 0.717) is 11.8 Å². The maximum atomic E-state index is 11.4. The average molecular weight is 307 g/mol. The number of carbonyl (C=O) groups is 1. The third-order valence-corrected chi connectivity index (χ3v) is 4.86. The molecule has 0 aliphatic carbocycles. The monoisotopic (exact) mass is 307 g/mol. The normalized spacial score (nSPS) is 17.9. The second-order valence-corrected chi connectivity index (χ2v) is 6.26. The Bertz CT molecular complexity index is 602. The average Bonchev–Trinajstić information content (AvgIpc) is 3.17. The van der Waals surface area contributed by atoms with Crippen molar-refractivity contribution in [2.45, 2.75) is 19.9 Å². The summed E-state index contributed by atoms with van der Waals surface area (Å²) in [6, 6.07) is 4.10. The fourth-order valence-electron chi connectivity index (χ4n) is 2.63. The van der Waals surface area contributed by atoms with E-state index in [1.165, 1.54) is 4.90 Å². The first-order chi connectivity index (χ1) is 10.1. The number of piperazine rings is 1. The molecule has 1 amide bonds. The van der Waals surface area contributed by atoms with E-state index < -0.39 is 0 Å². The predicted octanol–water partition coefficient (Wildman–Crippen LogP) is 0.606. The van der Waals surface area contributed by atoms with Crippen LogP contribution in [0.5, 0.6) is 0 Å². The van der Waals surface area contributed by atoms with Gasteiger partial charge in [-0.3, -0.25) is 4.79 Å². The van der Waals surface area contributed by atoms with Crippen LogP contribution in [0.3, 0.4) is 0 Å². The number of amides is 1. The van der Waals surface area contributed by atoms with Crippen molar-refractivity contribution in [3.63, 3.8) is 0 Å². The highest BCUT2D eigenvalue weighted by Gasteiger charge is 2.29. The minimum atomic E-state index is 0.152. The quantitative estimate of drug-likeness (QED) is 0.902. The first-order valence-electron chi connectivity index (χ1n) is 7.12. The van der Waals surface area contributed by atoms with Crippen LogP contribution in [0.2, 0.25) is 0 Å². The predicted molar refractivity (Wildman–Crippen MR) is 79.0 cm³/mol. The zero-order chi connectivity index (χ0) is 14.8. The molecule has 3 rings (SSSR count). The van der Waals surface area contributed by atoms with Gasteiger partial charge in [0.2, 0.25) is 5.91 Å². The lowest BCUT2D eigenvalue weighted by molar-refractivity contribution is -0.934. The van der Waals surface area contributed by atoms with Crippen LogP contribution in [0.4, 0.5) is 0 Å². The molecule has 7 heteroatoms. The summed E-state index contributed by atoms with van der Waals surface area (Å²) < 4.78 is 5.80. The molecule has 0 radical (unpaired) electrons. The topological polar surface area (TPSA) is 63.7 Å². The van der Waals surface area contributed by atoms with E-state index >= 15 is 0 Å². The minimum Gasteiger partial charge on any atom is -0.414 e. The molecule has 1 saturated heterocycles. The zero-order valence-electron chi connectivity index (χ0n) is 12.2. The summed E-state index contributed by atoms with van der Waals surface area (Å²) in [6.45, 7) is 7.14. The molecule has 0 bridgehead atoms. The summed E-state index contributed by atoms with van der Waals surface area (Å²) in [6.07, 6.45) is 0. The van der Waals surface area contributed by atoms with E-state index in [1.807, 2.05) is 22.4 Å². The van der Waals surface area contributed by atoms with Crippen LogP contribution in [0, 0.1) is 0 Å². The number of hydrogen-bond donors (Lipinski definition) is 1. The fourth-order valence-corrected chi connectivity index (χ4v) is 3.27. The molecule has 2 aromatic rings. The molecule has 1 atom stereocenters. The van der Waals surface area contributed by atoms with Crippen molar-refractivity contribution in [3.05, 3.63) is 23.4 Å². The van der Waals surface area contributed by atoms with E-state index in [1.54, 1.807) is 18.3 Å². The second kappa shape index (κ2) is 5.95. The molecule has 1 aliphatic rings. The summed E-state index contributed by atoms with van der Waals surface area (Å²) >= 11 is 1.59. The van der Waals surface area contributed by atoms with Crippen molar-refractivity contribution in [1.82, 2.24) is 15.1 Å². The van der Waals surface area contributed by atoms with E-state index in [-0.39, 0.29) is 11.9 Å². The number of nitrogens with zero attached hydrogens (tertiary/aromatic N) is 3. The van der Waals surface area contributed by atoms with E-state index in [9.17, 15) is 4.79 Å². The Morgan fingerprint density at radius 1 is 1.43 bits per heavy atom. The molecule has 1 N–H and O–H groups in total. The summed E-state index contributed by atoms with van der Waals surface area (Å²) in [5, 5.41) is 10.3. The molecule has 0 aromatic carbocycles. The lowest BCUT2D eigenvalue weighted by atomic mass is 10.2. The van der Waals surface area contributed by atoms with Crippen molar-refractivity contribution in [1.29, 1.82) is 0 Å². The third-order valence-electron chi connectivity index (χ3n) is 4.01. The van der Waals surface area contributed by atoms with E-state index in [0.717, 1.165) is 31.1 Å². The zero-order valence-corrected chi connectivity index (χ0v) is 13.0. The smallest absolute Gasteiger partial charge is 0.274 e. The Balaban J connectivity index is 1.66. The molecule has 0 spiro atoms. The molecule has 1 fully saturated rings. The summed E-state index contributed by atoms with van der Waals surface area (Å²) in [4.78, 5) is 15.6. The first kappa shape index (κ1) is 14.2. The standard InChI is InChI=1S/C14H18N4O2S/c1-10(17-5-7-18(8-6-17)11(2)19)13-15-16-14(20-13)12-4-3-9-21-12/h3-4,9-10H,5-8H2,1-2H3/p+1/t10-/m0/s1.